The van der Waals surface area contributed by atoms with Gasteiger partial charge in [0.05, 0.1) is 6.10 Å². The Morgan fingerprint density at radius 3 is 2.76 bits per heavy atom. The van der Waals surface area contributed by atoms with Crippen LogP contribution in [0.5, 0.6) is 0 Å². The fourth-order valence-electron chi connectivity index (χ4n) is 2.22. The molecule has 2 rings (SSSR count). The molecule has 1 aliphatic heterocycles. The van der Waals surface area contributed by atoms with Crippen LogP contribution in [0.3, 0.4) is 0 Å². The summed E-state index contributed by atoms with van der Waals surface area (Å²) in [6, 6.07) is 8.22. The first kappa shape index (κ1) is 15.3. The maximum absolute atomic E-state index is 11.7. The predicted molar refractivity (Wildman–Crippen MR) is 74.8 cm³/mol. The fraction of sp³-hybridized carbons (Fsp3) is 0.467. The van der Waals surface area contributed by atoms with E-state index in [0.717, 1.165) is 18.4 Å². The highest BCUT2D eigenvalue weighted by Gasteiger charge is 2.27. The van der Waals surface area contributed by atoms with E-state index >= 15 is 0 Å². The molecule has 2 unspecified atom stereocenters. The summed E-state index contributed by atoms with van der Waals surface area (Å²) in [7, 11) is 0. The number of ether oxygens (including phenoxy) is 2. The molecular weight excluding hydrogens is 274 g/mol. The Balaban J connectivity index is 1.79. The zero-order valence-corrected chi connectivity index (χ0v) is 11.7. The quantitative estimate of drug-likeness (QED) is 0.837. The van der Waals surface area contributed by atoms with Gasteiger partial charge in [-0.1, -0.05) is 30.3 Å². The van der Waals surface area contributed by atoms with Crippen LogP contribution in [-0.4, -0.2) is 35.9 Å². The largest absolute Gasteiger partial charge is 0.480 e. The van der Waals surface area contributed by atoms with E-state index in [-0.39, 0.29) is 19.1 Å². The number of carbonyl (C=O) groups excluding carboxylic acids is 1. The maximum Gasteiger partial charge on any atom is 0.408 e. The van der Waals surface area contributed by atoms with Crippen LogP contribution in [-0.2, 0) is 20.9 Å². The standard InChI is InChI=1S/C15H19NO5/c17-14(18)13(9-12-7-4-8-20-12)16-15(19)21-10-11-5-2-1-3-6-11/h1-3,5-6,12-13H,4,7-10H2,(H,16,19)(H,17,18). The Morgan fingerprint density at radius 1 is 1.38 bits per heavy atom. The first-order valence-electron chi connectivity index (χ1n) is 6.97. The Hall–Kier alpha value is -2.08. The van der Waals surface area contributed by atoms with Gasteiger partial charge in [-0.15, -0.1) is 0 Å². The van der Waals surface area contributed by atoms with Crippen molar-refractivity contribution < 1.29 is 24.2 Å². The molecule has 0 saturated carbocycles. The molecule has 0 radical (unpaired) electrons. The third kappa shape index (κ3) is 5.07. The molecule has 114 valence electrons. The van der Waals surface area contributed by atoms with Crippen LogP contribution >= 0.6 is 0 Å². The molecule has 0 aromatic heterocycles. The van der Waals surface area contributed by atoms with Crippen molar-refractivity contribution in [3.05, 3.63) is 35.9 Å². The third-order valence-electron chi connectivity index (χ3n) is 3.33. The van der Waals surface area contributed by atoms with Crippen LogP contribution in [0.15, 0.2) is 30.3 Å². The number of rotatable bonds is 6. The van der Waals surface area contributed by atoms with Gasteiger partial charge in [0.1, 0.15) is 12.6 Å². The Labute approximate surface area is 123 Å². The van der Waals surface area contributed by atoms with Gasteiger partial charge < -0.3 is 19.9 Å². The van der Waals surface area contributed by atoms with Gasteiger partial charge in [0, 0.05) is 13.0 Å². The number of hydrogen-bond acceptors (Lipinski definition) is 4. The Bertz CT molecular complexity index is 470. The van der Waals surface area contributed by atoms with Crippen LogP contribution in [0.2, 0.25) is 0 Å². The maximum atomic E-state index is 11.7. The minimum atomic E-state index is -1.08. The van der Waals surface area contributed by atoms with E-state index in [9.17, 15) is 9.59 Å². The lowest BCUT2D eigenvalue weighted by molar-refractivity contribution is -0.140. The van der Waals surface area contributed by atoms with Crippen LogP contribution < -0.4 is 5.32 Å². The molecule has 1 saturated heterocycles. The zero-order chi connectivity index (χ0) is 15.1. The summed E-state index contributed by atoms with van der Waals surface area (Å²) >= 11 is 0. The van der Waals surface area contributed by atoms with Crippen LogP contribution in [0.25, 0.3) is 0 Å². The van der Waals surface area contributed by atoms with Crippen molar-refractivity contribution in [1.29, 1.82) is 0 Å². The van der Waals surface area contributed by atoms with E-state index in [1.54, 1.807) is 0 Å². The number of amides is 1. The molecular formula is C15H19NO5. The molecule has 0 spiro atoms. The molecule has 21 heavy (non-hydrogen) atoms. The lowest BCUT2D eigenvalue weighted by atomic mass is 10.1. The second kappa shape index (κ2) is 7.64. The average Bonchev–Trinajstić information content (AvgIpc) is 2.98. The van der Waals surface area contributed by atoms with Crippen molar-refractivity contribution in [3.63, 3.8) is 0 Å². The average molecular weight is 293 g/mol. The molecule has 0 aliphatic carbocycles. The van der Waals surface area contributed by atoms with Gasteiger partial charge in [0.2, 0.25) is 0 Å². The van der Waals surface area contributed by atoms with Gasteiger partial charge >= 0.3 is 12.1 Å². The van der Waals surface area contributed by atoms with Crippen LogP contribution in [0.4, 0.5) is 4.79 Å². The zero-order valence-electron chi connectivity index (χ0n) is 11.7. The molecule has 1 fully saturated rings. The fourth-order valence-corrected chi connectivity index (χ4v) is 2.22. The van der Waals surface area contributed by atoms with Crippen LogP contribution in [0, 0.1) is 0 Å². The second-order valence-electron chi connectivity index (χ2n) is 4.97. The number of carboxylic acids is 1. The van der Waals surface area contributed by atoms with Crippen molar-refractivity contribution >= 4 is 12.1 Å². The highest BCUT2D eigenvalue weighted by atomic mass is 16.5. The molecule has 6 nitrogen and oxygen atoms in total. The molecule has 1 heterocycles. The van der Waals surface area contributed by atoms with Gasteiger partial charge in [-0.05, 0) is 18.4 Å². The number of carbonyl (C=O) groups is 2. The van der Waals surface area contributed by atoms with Gasteiger partial charge in [0.15, 0.2) is 0 Å². The first-order chi connectivity index (χ1) is 10.1. The Morgan fingerprint density at radius 2 is 2.14 bits per heavy atom. The summed E-state index contributed by atoms with van der Waals surface area (Å²) in [4.78, 5) is 22.8. The lowest BCUT2D eigenvalue weighted by Gasteiger charge is -2.17. The predicted octanol–water partition coefficient (Wildman–Crippen LogP) is 1.94. The summed E-state index contributed by atoms with van der Waals surface area (Å²) in [6.07, 6.45) is 1.17. The van der Waals surface area contributed by atoms with Crippen molar-refractivity contribution in [1.82, 2.24) is 5.32 Å². The molecule has 1 aliphatic rings. The second-order valence-corrected chi connectivity index (χ2v) is 4.97. The molecule has 1 aromatic carbocycles. The molecule has 1 amide bonds. The number of carboxylic acid groups (broad SMARTS) is 1. The highest BCUT2D eigenvalue weighted by Crippen LogP contribution is 2.17. The number of nitrogens with one attached hydrogen (secondary N) is 1. The molecule has 2 atom stereocenters. The Kier molecular flexibility index (Phi) is 5.57. The summed E-state index contributed by atoms with van der Waals surface area (Å²) in [5, 5.41) is 11.5. The first-order valence-corrected chi connectivity index (χ1v) is 6.97. The number of alkyl carbamates (subject to hydrolysis) is 1. The van der Waals surface area contributed by atoms with E-state index in [1.165, 1.54) is 0 Å². The SMILES string of the molecule is O=C(NC(CC1CCCO1)C(=O)O)OCc1ccccc1. The van der Waals surface area contributed by atoms with Crippen molar-refractivity contribution in [2.75, 3.05) is 6.61 Å². The monoisotopic (exact) mass is 293 g/mol. The van der Waals surface area contributed by atoms with Crippen molar-refractivity contribution in [3.8, 4) is 0 Å². The minimum absolute atomic E-state index is 0.110. The van der Waals surface area contributed by atoms with E-state index in [0.29, 0.717) is 6.61 Å². The molecule has 0 bridgehead atoms. The number of aliphatic carboxylic acids is 1. The van der Waals surface area contributed by atoms with E-state index < -0.39 is 18.1 Å². The van der Waals surface area contributed by atoms with Crippen molar-refractivity contribution in [2.45, 2.75) is 38.0 Å². The molecule has 2 N–H and O–H groups in total. The number of benzene rings is 1. The smallest absolute Gasteiger partial charge is 0.408 e. The van der Waals surface area contributed by atoms with Gasteiger partial charge in [-0.2, -0.15) is 0 Å². The third-order valence-corrected chi connectivity index (χ3v) is 3.33. The van der Waals surface area contributed by atoms with Gasteiger partial charge in [-0.3, -0.25) is 0 Å². The topological polar surface area (TPSA) is 84.9 Å². The normalized spacial score (nSPS) is 19.0. The minimum Gasteiger partial charge on any atom is -0.480 e. The molecule has 6 heteroatoms. The summed E-state index contributed by atoms with van der Waals surface area (Å²) in [6.45, 7) is 0.758. The van der Waals surface area contributed by atoms with Crippen molar-refractivity contribution in [2.24, 2.45) is 0 Å². The summed E-state index contributed by atoms with van der Waals surface area (Å²) < 4.78 is 10.4. The van der Waals surface area contributed by atoms with E-state index in [1.807, 2.05) is 30.3 Å². The number of hydrogen-bond donors (Lipinski definition) is 2. The van der Waals surface area contributed by atoms with Crippen LogP contribution in [0.1, 0.15) is 24.8 Å². The van der Waals surface area contributed by atoms with E-state index in [4.69, 9.17) is 14.6 Å². The van der Waals surface area contributed by atoms with E-state index in [2.05, 4.69) is 5.32 Å². The van der Waals surface area contributed by atoms with Gasteiger partial charge in [-0.25, -0.2) is 9.59 Å². The summed E-state index contributed by atoms with van der Waals surface area (Å²) in [5.41, 5.74) is 0.846. The highest BCUT2D eigenvalue weighted by molar-refractivity contribution is 5.79. The molecule has 1 aromatic rings. The summed E-state index contributed by atoms with van der Waals surface area (Å²) in [5.74, 6) is -1.08. The lowest BCUT2D eigenvalue weighted by Crippen LogP contribution is -2.43. The van der Waals surface area contributed by atoms with Gasteiger partial charge in [0.25, 0.3) is 0 Å².